The Morgan fingerprint density at radius 2 is 0.828 bits per heavy atom. The van der Waals surface area contributed by atoms with E-state index in [0.717, 1.165) is 70.6 Å². The lowest BCUT2D eigenvalue weighted by Crippen LogP contribution is -2.45. The molecule has 0 rings (SSSR count). The third-order valence-corrected chi connectivity index (χ3v) is 11.7. The van der Waals surface area contributed by atoms with Crippen LogP contribution in [0.3, 0.4) is 0 Å². The highest BCUT2D eigenvalue weighted by Gasteiger charge is 2.20. The van der Waals surface area contributed by atoms with Crippen LogP contribution in [0.15, 0.2) is 24.3 Å². The highest BCUT2D eigenvalue weighted by Crippen LogP contribution is 2.16. The van der Waals surface area contributed by atoms with Gasteiger partial charge in [0, 0.05) is 12.8 Å². The van der Waals surface area contributed by atoms with Crippen LogP contribution in [-0.2, 0) is 14.3 Å². The van der Waals surface area contributed by atoms with Gasteiger partial charge >= 0.3 is 5.97 Å². The number of rotatable bonds is 47. The van der Waals surface area contributed by atoms with E-state index in [1.54, 1.807) is 0 Å². The fourth-order valence-electron chi connectivity index (χ4n) is 7.75. The van der Waals surface area contributed by atoms with Gasteiger partial charge in [-0.25, -0.2) is 0 Å². The van der Waals surface area contributed by atoms with Gasteiger partial charge in [0.05, 0.1) is 25.4 Å². The molecule has 3 N–H and O–H groups in total. The first kappa shape index (κ1) is 56.3. The zero-order chi connectivity index (χ0) is 42.3. The van der Waals surface area contributed by atoms with Crippen LogP contribution in [0.4, 0.5) is 0 Å². The summed E-state index contributed by atoms with van der Waals surface area (Å²) in [7, 11) is 0. The van der Waals surface area contributed by atoms with E-state index in [4.69, 9.17) is 4.74 Å². The minimum atomic E-state index is -0.695. The Labute approximate surface area is 361 Å². The van der Waals surface area contributed by atoms with Gasteiger partial charge < -0.3 is 20.3 Å². The summed E-state index contributed by atoms with van der Waals surface area (Å²) in [4.78, 5) is 24.5. The number of esters is 1. The Morgan fingerprint density at radius 3 is 1.26 bits per heavy atom. The Balaban J connectivity index is 3.53. The molecule has 0 spiro atoms. The van der Waals surface area contributed by atoms with E-state index in [9.17, 15) is 19.8 Å². The summed E-state index contributed by atoms with van der Waals surface area (Å²) in [5.41, 5.74) is 0. The van der Waals surface area contributed by atoms with Gasteiger partial charge in [-0.1, -0.05) is 212 Å². The summed E-state index contributed by atoms with van der Waals surface area (Å²) in [6.07, 6.45) is 55.8. The molecule has 0 bridgehead atoms. The van der Waals surface area contributed by atoms with Gasteiger partial charge in [-0.3, -0.25) is 9.59 Å². The first-order valence-corrected chi connectivity index (χ1v) is 25.6. The van der Waals surface area contributed by atoms with Gasteiger partial charge in [0.1, 0.15) is 0 Å². The second-order valence-electron chi connectivity index (χ2n) is 17.5. The molecule has 0 fully saturated rings. The monoisotopic (exact) mass is 818 g/mol. The van der Waals surface area contributed by atoms with Crippen molar-refractivity contribution in [3.8, 4) is 0 Å². The van der Waals surface area contributed by atoms with E-state index in [0.29, 0.717) is 25.9 Å². The molecule has 0 radical (unpaired) electrons. The number of allylic oxidation sites excluding steroid dienone is 4. The van der Waals surface area contributed by atoms with Gasteiger partial charge in [0.25, 0.3) is 0 Å². The minimum Gasteiger partial charge on any atom is -0.466 e. The highest BCUT2D eigenvalue weighted by atomic mass is 16.5. The van der Waals surface area contributed by atoms with Crippen molar-refractivity contribution >= 4 is 11.9 Å². The van der Waals surface area contributed by atoms with E-state index in [1.807, 2.05) is 0 Å². The molecule has 0 aliphatic heterocycles. The van der Waals surface area contributed by atoms with Gasteiger partial charge in [-0.15, -0.1) is 0 Å². The van der Waals surface area contributed by atoms with E-state index in [2.05, 4.69) is 43.5 Å². The fraction of sp³-hybridized carbons (Fsp3) is 0.885. The topological polar surface area (TPSA) is 95.9 Å². The third kappa shape index (κ3) is 43.9. The zero-order valence-corrected chi connectivity index (χ0v) is 38.8. The third-order valence-electron chi connectivity index (χ3n) is 11.7. The number of carbonyl (C=O) groups excluding carboxylic acids is 2. The lowest BCUT2D eigenvalue weighted by atomic mass is 10.0. The van der Waals surface area contributed by atoms with Crippen LogP contribution in [0.1, 0.15) is 271 Å². The van der Waals surface area contributed by atoms with E-state index in [1.165, 1.54) is 167 Å². The summed E-state index contributed by atoms with van der Waals surface area (Å²) < 4.78 is 5.44. The van der Waals surface area contributed by atoms with Crippen LogP contribution in [0.25, 0.3) is 0 Å². The smallest absolute Gasteiger partial charge is 0.305 e. The molecule has 6 heteroatoms. The van der Waals surface area contributed by atoms with E-state index >= 15 is 0 Å². The Bertz CT molecular complexity index is 904. The molecule has 0 aliphatic rings. The van der Waals surface area contributed by atoms with Gasteiger partial charge in [0.15, 0.2) is 0 Å². The van der Waals surface area contributed by atoms with Crippen molar-refractivity contribution < 1.29 is 24.5 Å². The number of nitrogens with one attached hydrogen (secondary N) is 1. The fourth-order valence-corrected chi connectivity index (χ4v) is 7.75. The molecule has 0 heterocycles. The van der Waals surface area contributed by atoms with Crippen molar-refractivity contribution in [3.63, 3.8) is 0 Å². The highest BCUT2D eigenvalue weighted by molar-refractivity contribution is 5.76. The van der Waals surface area contributed by atoms with Crippen LogP contribution >= 0.6 is 0 Å². The van der Waals surface area contributed by atoms with Crippen LogP contribution in [-0.4, -0.2) is 47.4 Å². The molecule has 0 aromatic heterocycles. The molecule has 0 saturated heterocycles. The Kier molecular flexibility index (Phi) is 46.6. The van der Waals surface area contributed by atoms with Crippen molar-refractivity contribution in [1.29, 1.82) is 0 Å². The number of amides is 1. The number of aliphatic hydroxyl groups is 2. The number of hydrogen-bond acceptors (Lipinski definition) is 5. The first-order chi connectivity index (χ1) is 28.5. The van der Waals surface area contributed by atoms with Crippen LogP contribution in [0.5, 0.6) is 0 Å². The number of ether oxygens (including phenoxy) is 1. The number of aliphatic hydroxyl groups excluding tert-OH is 2. The van der Waals surface area contributed by atoms with Gasteiger partial charge in [-0.2, -0.15) is 0 Å². The Morgan fingerprint density at radius 1 is 0.466 bits per heavy atom. The average Bonchev–Trinajstić information content (AvgIpc) is 3.22. The molecule has 58 heavy (non-hydrogen) atoms. The number of hydrogen-bond donors (Lipinski definition) is 3. The summed E-state index contributed by atoms with van der Waals surface area (Å²) >= 11 is 0. The number of carbonyl (C=O) groups is 2. The molecular weight excluding hydrogens is 719 g/mol. The van der Waals surface area contributed by atoms with Crippen LogP contribution in [0, 0.1) is 0 Å². The maximum Gasteiger partial charge on any atom is 0.305 e. The van der Waals surface area contributed by atoms with Crippen molar-refractivity contribution in [2.45, 2.75) is 283 Å². The lowest BCUT2D eigenvalue weighted by molar-refractivity contribution is -0.143. The molecule has 0 aliphatic carbocycles. The molecule has 1 amide bonds. The van der Waals surface area contributed by atoms with Gasteiger partial charge in [0.2, 0.25) is 5.91 Å². The zero-order valence-electron chi connectivity index (χ0n) is 38.8. The van der Waals surface area contributed by atoms with Crippen LogP contribution in [0.2, 0.25) is 0 Å². The van der Waals surface area contributed by atoms with Crippen molar-refractivity contribution in [2.75, 3.05) is 13.2 Å². The van der Waals surface area contributed by atoms with Crippen molar-refractivity contribution in [2.24, 2.45) is 0 Å². The van der Waals surface area contributed by atoms with Crippen LogP contribution < -0.4 is 5.32 Å². The maximum atomic E-state index is 12.4. The summed E-state index contributed by atoms with van der Waals surface area (Å²) in [5, 5.41) is 23.2. The first-order valence-electron chi connectivity index (χ1n) is 25.6. The second-order valence-corrected chi connectivity index (χ2v) is 17.5. The molecule has 0 aromatic carbocycles. The summed E-state index contributed by atoms with van der Waals surface area (Å²) in [5.74, 6) is -0.134. The molecule has 0 aromatic rings. The summed E-state index contributed by atoms with van der Waals surface area (Å²) in [6.45, 7) is 4.86. The van der Waals surface area contributed by atoms with E-state index in [-0.39, 0.29) is 18.5 Å². The maximum absolute atomic E-state index is 12.4. The molecule has 342 valence electrons. The second kappa shape index (κ2) is 48.0. The molecule has 2 atom stereocenters. The predicted octanol–water partition coefficient (Wildman–Crippen LogP) is 15.1. The summed E-state index contributed by atoms with van der Waals surface area (Å²) in [6, 6.07) is -0.579. The standard InChI is InChI=1S/C52H99NO5/c1-3-5-7-9-11-13-15-17-19-20-22-24-26-30-34-38-42-46-52(57)58-47-43-39-35-31-27-29-33-37-41-45-51(56)53-49(48-54)50(55)44-40-36-32-28-25-23-21-18-16-14-12-10-8-6-4-2/h17,19,29,33,49-50,54-55H,3-16,18,20-28,30-32,34-48H2,1-2H3,(H,53,56)/b19-17-,33-29-. The molecule has 0 saturated carbocycles. The van der Waals surface area contributed by atoms with Gasteiger partial charge in [-0.05, 0) is 70.6 Å². The van der Waals surface area contributed by atoms with Crippen molar-refractivity contribution in [1.82, 2.24) is 5.32 Å². The quantitative estimate of drug-likeness (QED) is 0.0323. The number of unbranched alkanes of at least 4 members (excludes halogenated alkanes) is 32. The average molecular weight is 818 g/mol. The van der Waals surface area contributed by atoms with Crippen molar-refractivity contribution in [3.05, 3.63) is 24.3 Å². The minimum absolute atomic E-state index is 0.0391. The normalized spacial score (nSPS) is 12.8. The largest absolute Gasteiger partial charge is 0.466 e. The predicted molar refractivity (Wildman–Crippen MR) is 250 cm³/mol. The SMILES string of the molecule is CCCCCCCC/C=C\CCCCCCCCCC(=O)OCCCCCC/C=C\CCCC(=O)NC(CO)C(O)CCCCCCCCCCCCCCCCC. The van der Waals surface area contributed by atoms with E-state index < -0.39 is 12.1 Å². The molecule has 6 nitrogen and oxygen atoms in total. The molecular formula is C52H99NO5. The Hall–Kier alpha value is -1.66. The lowest BCUT2D eigenvalue weighted by Gasteiger charge is -2.22. The molecule has 2 unspecified atom stereocenters.